The fourth-order valence-corrected chi connectivity index (χ4v) is 2.25. The van der Waals surface area contributed by atoms with Crippen molar-refractivity contribution in [3.8, 4) is 0 Å². The van der Waals surface area contributed by atoms with E-state index in [1.165, 1.54) is 0 Å². The number of carboxylic acids is 1. The quantitative estimate of drug-likeness (QED) is 0.730. The Morgan fingerprint density at radius 3 is 2.52 bits per heavy atom. The second-order valence-electron chi connectivity index (χ2n) is 5.68. The lowest BCUT2D eigenvalue weighted by Crippen LogP contribution is -2.48. The summed E-state index contributed by atoms with van der Waals surface area (Å²) in [6, 6.07) is 9.22. The molecule has 0 saturated heterocycles. The van der Waals surface area contributed by atoms with Gasteiger partial charge in [-0.1, -0.05) is 30.3 Å². The summed E-state index contributed by atoms with van der Waals surface area (Å²) < 4.78 is 5.06. The molecule has 0 aliphatic rings. The summed E-state index contributed by atoms with van der Waals surface area (Å²) in [5, 5.41) is 11.8. The molecule has 2 N–H and O–H groups in total. The van der Waals surface area contributed by atoms with Crippen molar-refractivity contribution in [2.24, 2.45) is 0 Å². The average Bonchev–Trinajstić information content (AvgIpc) is 2.53. The number of aliphatic carboxylic acids is 1. The minimum Gasteiger partial charge on any atom is -0.481 e. The van der Waals surface area contributed by atoms with Gasteiger partial charge in [-0.05, 0) is 25.3 Å². The molecule has 23 heavy (non-hydrogen) atoms. The lowest BCUT2D eigenvalue weighted by Gasteiger charge is -2.27. The molecule has 0 aliphatic heterocycles. The number of nitrogens with one attached hydrogen (secondary N) is 1. The van der Waals surface area contributed by atoms with Crippen LogP contribution in [-0.4, -0.2) is 54.9 Å². The van der Waals surface area contributed by atoms with Crippen molar-refractivity contribution in [2.45, 2.75) is 38.3 Å². The van der Waals surface area contributed by atoms with Gasteiger partial charge in [0.2, 0.25) is 0 Å². The highest BCUT2D eigenvalue weighted by Gasteiger charge is 2.20. The Morgan fingerprint density at radius 1 is 1.30 bits per heavy atom. The molecule has 0 saturated carbocycles. The number of rotatable bonds is 9. The first-order valence-corrected chi connectivity index (χ1v) is 7.72. The van der Waals surface area contributed by atoms with Crippen LogP contribution in [0.5, 0.6) is 0 Å². The van der Waals surface area contributed by atoms with E-state index in [1.807, 2.05) is 37.3 Å². The number of hydrogen-bond acceptors (Lipinski definition) is 3. The van der Waals surface area contributed by atoms with Crippen molar-refractivity contribution in [3.05, 3.63) is 35.9 Å². The number of methoxy groups -OCH3 is 1. The summed E-state index contributed by atoms with van der Waals surface area (Å²) in [5.41, 5.74) is 1.07. The Bertz CT molecular complexity index is 493. The van der Waals surface area contributed by atoms with E-state index in [0.29, 0.717) is 19.4 Å². The summed E-state index contributed by atoms with van der Waals surface area (Å²) in [7, 11) is 3.29. The van der Waals surface area contributed by atoms with E-state index in [2.05, 4.69) is 5.32 Å². The molecule has 0 radical (unpaired) electrons. The first-order valence-electron chi connectivity index (χ1n) is 7.72. The second-order valence-corrected chi connectivity index (χ2v) is 5.68. The molecule has 0 aromatic heterocycles. The molecule has 128 valence electrons. The van der Waals surface area contributed by atoms with Gasteiger partial charge in [0, 0.05) is 26.6 Å². The van der Waals surface area contributed by atoms with E-state index in [1.54, 1.807) is 19.1 Å². The fraction of sp³-hybridized carbons (Fsp3) is 0.529. The van der Waals surface area contributed by atoms with Crippen LogP contribution < -0.4 is 5.32 Å². The zero-order valence-corrected chi connectivity index (χ0v) is 14.0. The van der Waals surface area contributed by atoms with Crippen molar-refractivity contribution < 1.29 is 19.4 Å². The van der Waals surface area contributed by atoms with Crippen molar-refractivity contribution in [3.63, 3.8) is 0 Å². The largest absolute Gasteiger partial charge is 0.481 e. The zero-order valence-electron chi connectivity index (χ0n) is 14.0. The fourth-order valence-electron chi connectivity index (χ4n) is 2.25. The highest BCUT2D eigenvalue weighted by molar-refractivity contribution is 5.74. The van der Waals surface area contributed by atoms with E-state index in [0.717, 1.165) is 5.56 Å². The number of nitrogens with zero attached hydrogens (tertiary/aromatic N) is 1. The molecule has 0 heterocycles. The van der Waals surface area contributed by atoms with Gasteiger partial charge in [-0.25, -0.2) is 4.79 Å². The third-order valence-corrected chi connectivity index (χ3v) is 3.75. The van der Waals surface area contributed by atoms with Gasteiger partial charge in [-0.3, -0.25) is 4.79 Å². The topological polar surface area (TPSA) is 78.9 Å². The van der Waals surface area contributed by atoms with Gasteiger partial charge in [0.25, 0.3) is 0 Å². The third-order valence-electron chi connectivity index (χ3n) is 3.75. The highest BCUT2D eigenvalue weighted by atomic mass is 16.5. The number of benzene rings is 1. The second kappa shape index (κ2) is 9.84. The van der Waals surface area contributed by atoms with Crippen molar-refractivity contribution in [1.29, 1.82) is 0 Å². The Kier molecular flexibility index (Phi) is 8.11. The monoisotopic (exact) mass is 322 g/mol. The third kappa shape index (κ3) is 7.15. The van der Waals surface area contributed by atoms with Gasteiger partial charge in [0.15, 0.2) is 0 Å². The van der Waals surface area contributed by atoms with Crippen LogP contribution >= 0.6 is 0 Å². The van der Waals surface area contributed by atoms with Gasteiger partial charge in [0.1, 0.15) is 0 Å². The van der Waals surface area contributed by atoms with Crippen LogP contribution in [-0.2, 0) is 16.0 Å². The Hall–Kier alpha value is -2.08. The van der Waals surface area contributed by atoms with Crippen LogP contribution in [0, 0.1) is 0 Å². The van der Waals surface area contributed by atoms with Crippen LogP contribution in [0.25, 0.3) is 0 Å². The molecule has 1 aromatic rings. The minimum atomic E-state index is -0.863. The maximum absolute atomic E-state index is 12.3. The molecule has 1 rings (SSSR count). The molecule has 2 atom stereocenters. The average molecular weight is 322 g/mol. The molecule has 0 fully saturated rings. The molecule has 2 amide bonds. The highest BCUT2D eigenvalue weighted by Crippen LogP contribution is 2.09. The summed E-state index contributed by atoms with van der Waals surface area (Å²) in [6.07, 6.45) is 1.02. The van der Waals surface area contributed by atoms with E-state index >= 15 is 0 Å². The van der Waals surface area contributed by atoms with Gasteiger partial charge in [0.05, 0.1) is 12.6 Å². The standard InChI is InChI=1S/C17H26N2O4/c1-13(12-23-3)19(2)17(22)18-15(9-10-16(20)21)11-14-7-5-4-6-8-14/h4-8,13,15H,9-12H2,1-3H3,(H,18,22)(H,20,21). The van der Waals surface area contributed by atoms with Gasteiger partial charge >= 0.3 is 12.0 Å². The van der Waals surface area contributed by atoms with Gasteiger partial charge < -0.3 is 20.1 Å². The summed E-state index contributed by atoms with van der Waals surface area (Å²) in [6.45, 7) is 2.34. The van der Waals surface area contributed by atoms with E-state index in [4.69, 9.17) is 9.84 Å². The number of likely N-dealkylation sites (N-methyl/N-ethyl adjacent to an activating group) is 1. The van der Waals surface area contributed by atoms with Crippen molar-refractivity contribution >= 4 is 12.0 Å². The number of amides is 2. The number of carboxylic acid groups (broad SMARTS) is 1. The molecule has 0 aliphatic carbocycles. The minimum absolute atomic E-state index is 0.0229. The van der Waals surface area contributed by atoms with E-state index in [9.17, 15) is 9.59 Å². The Labute approximate surface area is 137 Å². The van der Waals surface area contributed by atoms with E-state index < -0.39 is 5.97 Å². The molecule has 2 unspecified atom stereocenters. The first-order chi connectivity index (χ1) is 10.9. The van der Waals surface area contributed by atoms with Crippen LogP contribution in [0.4, 0.5) is 4.79 Å². The summed E-state index contributed by atoms with van der Waals surface area (Å²) >= 11 is 0. The van der Waals surface area contributed by atoms with Crippen molar-refractivity contribution in [1.82, 2.24) is 10.2 Å². The van der Waals surface area contributed by atoms with Crippen LogP contribution in [0.15, 0.2) is 30.3 Å². The van der Waals surface area contributed by atoms with Gasteiger partial charge in [-0.15, -0.1) is 0 Å². The van der Waals surface area contributed by atoms with Crippen LogP contribution in [0.1, 0.15) is 25.3 Å². The molecular weight excluding hydrogens is 296 g/mol. The maximum atomic E-state index is 12.3. The predicted octanol–water partition coefficient (Wildman–Crippen LogP) is 2.14. The molecule has 0 bridgehead atoms. The summed E-state index contributed by atoms with van der Waals surface area (Å²) in [5.74, 6) is -0.863. The zero-order chi connectivity index (χ0) is 17.2. The Balaban J connectivity index is 2.67. The van der Waals surface area contributed by atoms with Crippen LogP contribution in [0.3, 0.4) is 0 Å². The predicted molar refractivity (Wildman–Crippen MR) is 88.4 cm³/mol. The smallest absolute Gasteiger partial charge is 0.317 e. The normalized spacial score (nSPS) is 13.2. The first kappa shape index (κ1) is 19.0. The molecule has 1 aromatic carbocycles. The summed E-state index contributed by atoms with van der Waals surface area (Å²) in [4.78, 5) is 24.7. The van der Waals surface area contributed by atoms with Crippen LogP contribution in [0.2, 0.25) is 0 Å². The molecule has 6 heteroatoms. The van der Waals surface area contributed by atoms with E-state index in [-0.39, 0.29) is 24.5 Å². The van der Waals surface area contributed by atoms with Crippen molar-refractivity contribution in [2.75, 3.05) is 20.8 Å². The molecular formula is C17H26N2O4. The molecule has 0 spiro atoms. The number of ether oxygens (including phenoxy) is 1. The number of carbonyl (C=O) groups excluding carboxylic acids is 1. The van der Waals surface area contributed by atoms with Gasteiger partial charge in [-0.2, -0.15) is 0 Å². The number of hydrogen-bond donors (Lipinski definition) is 2. The molecule has 6 nitrogen and oxygen atoms in total. The maximum Gasteiger partial charge on any atom is 0.317 e. The SMILES string of the molecule is COCC(C)N(C)C(=O)NC(CCC(=O)O)Cc1ccccc1. The number of carbonyl (C=O) groups is 2. The lowest BCUT2D eigenvalue weighted by atomic mass is 10.0. The number of urea groups is 1. The lowest BCUT2D eigenvalue weighted by molar-refractivity contribution is -0.137. The Morgan fingerprint density at radius 2 is 1.96 bits per heavy atom.